The maximum atomic E-state index is 5.57. The van der Waals surface area contributed by atoms with E-state index in [0.29, 0.717) is 5.70 Å². The summed E-state index contributed by atoms with van der Waals surface area (Å²) in [6, 6.07) is 0.192. The van der Waals surface area contributed by atoms with Gasteiger partial charge < -0.3 is 10.6 Å². The standard InChI is InChI=1S/C9H18N2/c1-6-11(7(2)3)9(5)8(4)10/h9H,2,4,6,10H2,1,3,5H3. The molecule has 0 aromatic carbocycles. The molecule has 0 aliphatic carbocycles. The number of likely N-dealkylation sites (N-methyl/N-ethyl adjacent to an activating group) is 1. The van der Waals surface area contributed by atoms with Gasteiger partial charge in [-0.25, -0.2) is 0 Å². The largest absolute Gasteiger partial charge is 0.401 e. The van der Waals surface area contributed by atoms with Gasteiger partial charge in [0, 0.05) is 17.9 Å². The van der Waals surface area contributed by atoms with E-state index in [1.807, 2.05) is 13.8 Å². The topological polar surface area (TPSA) is 29.3 Å². The van der Waals surface area contributed by atoms with Gasteiger partial charge in [0.2, 0.25) is 0 Å². The Labute approximate surface area is 69.4 Å². The molecule has 0 spiro atoms. The lowest BCUT2D eigenvalue weighted by molar-refractivity contribution is 0.313. The van der Waals surface area contributed by atoms with Crippen LogP contribution in [0.15, 0.2) is 24.6 Å². The van der Waals surface area contributed by atoms with Crippen molar-refractivity contribution < 1.29 is 0 Å². The number of allylic oxidation sites excluding steroid dienone is 1. The fourth-order valence-electron chi connectivity index (χ4n) is 1.07. The summed E-state index contributed by atoms with van der Waals surface area (Å²) in [5, 5.41) is 0. The van der Waals surface area contributed by atoms with Crippen molar-refractivity contribution in [2.24, 2.45) is 5.73 Å². The second-order valence-corrected chi connectivity index (χ2v) is 2.77. The van der Waals surface area contributed by atoms with Crippen LogP contribution >= 0.6 is 0 Å². The normalized spacial score (nSPS) is 12.3. The minimum Gasteiger partial charge on any atom is -0.401 e. The first-order chi connectivity index (χ1) is 5.00. The molecule has 1 atom stereocenters. The molecule has 0 fully saturated rings. The van der Waals surface area contributed by atoms with Crippen molar-refractivity contribution in [3.8, 4) is 0 Å². The Balaban J connectivity index is 4.25. The molecule has 0 aromatic rings. The molecule has 11 heavy (non-hydrogen) atoms. The van der Waals surface area contributed by atoms with Crippen LogP contribution in [0.2, 0.25) is 0 Å². The predicted molar refractivity (Wildman–Crippen MR) is 50.0 cm³/mol. The molecule has 2 nitrogen and oxygen atoms in total. The van der Waals surface area contributed by atoms with Gasteiger partial charge in [0.1, 0.15) is 0 Å². The number of nitrogens with two attached hydrogens (primary N) is 1. The van der Waals surface area contributed by atoms with Crippen molar-refractivity contribution in [1.82, 2.24) is 4.90 Å². The summed E-state index contributed by atoms with van der Waals surface area (Å²) in [6.07, 6.45) is 0. The van der Waals surface area contributed by atoms with Crippen LogP contribution in [0.3, 0.4) is 0 Å². The Hall–Kier alpha value is -0.920. The van der Waals surface area contributed by atoms with Crippen molar-refractivity contribution in [2.75, 3.05) is 6.54 Å². The van der Waals surface area contributed by atoms with E-state index in [1.54, 1.807) is 0 Å². The van der Waals surface area contributed by atoms with Gasteiger partial charge in [-0.1, -0.05) is 13.2 Å². The van der Waals surface area contributed by atoms with E-state index >= 15 is 0 Å². The number of hydrogen-bond donors (Lipinski definition) is 1. The van der Waals surface area contributed by atoms with Gasteiger partial charge in [-0.3, -0.25) is 0 Å². The van der Waals surface area contributed by atoms with Crippen LogP contribution in [0.25, 0.3) is 0 Å². The van der Waals surface area contributed by atoms with Gasteiger partial charge in [-0.05, 0) is 20.8 Å². The molecule has 2 N–H and O–H groups in total. The van der Waals surface area contributed by atoms with E-state index in [9.17, 15) is 0 Å². The van der Waals surface area contributed by atoms with Gasteiger partial charge in [0.25, 0.3) is 0 Å². The van der Waals surface area contributed by atoms with Gasteiger partial charge in [0.05, 0.1) is 6.04 Å². The Morgan fingerprint density at radius 1 is 1.55 bits per heavy atom. The van der Waals surface area contributed by atoms with Crippen molar-refractivity contribution in [2.45, 2.75) is 26.8 Å². The van der Waals surface area contributed by atoms with E-state index in [4.69, 9.17) is 5.73 Å². The Morgan fingerprint density at radius 3 is 2.09 bits per heavy atom. The monoisotopic (exact) mass is 154 g/mol. The molecule has 0 saturated carbocycles. The summed E-state index contributed by atoms with van der Waals surface area (Å²) < 4.78 is 0. The molecule has 0 bridgehead atoms. The number of nitrogens with zero attached hydrogens (tertiary/aromatic N) is 1. The van der Waals surface area contributed by atoms with Crippen LogP contribution in [-0.4, -0.2) is 17.5 Å². The molecule has 0 heterocycles. The zero-order chi connectivity index (χ0) is 9.02. The van der Waals surface area contributed by atoms with Crippen LogP contribution in [0.4, 0.5) is 0 Å². The first-order valence-corrected chi connectivity index (χ1v) is 3.87. The van der Waals surface area contributed by atoms with Gasteiger partial charge in [-0.15, -0.1) is 0 Å². The summed E-state index contributed by atoms with van der Waals surface area (Å²) >= 11 is 0. The SMILES string of the molecule is C=C(N)C(C)N(CC)C(=C)C. The van der Waals surface area contributed by atoms with Crippen LogP contribution in [0.5, 0.6) is 0 Å². The van der Waals surface area contributed by atoms with E-state index < -0.39 is 0 Å². The van der Waals surface area contributed by atoms with Crippen molar-refractivity contribution in [3.63, 3.8) is 0 Å². The molecular formula is C9H18N2. The van der Waals surface area contributed by atoms with E-state index in [-0.39, 0.29) is 6.04 Å². The average molecular weight is 154 g/mol. The summed E-state index contributed by atoms with van der Waals surface area (Å²) in [7, 11) is 0. The number of hydrogen-bond acceptors (Lipinski definition) is 2. The van der Waals surface area contributed by atoms with Crippen LogP contribution < -0.4 is 5.73 Å². The predicted octanol–water partition coefficient (Wildman–Crippen LogP) is 1.70. The molecule has 0 aliphatic heterocycles. The highest BCUT2D eigenvalue weighted by atomic mass is 15.2. The second kappa shape index (κ2) is 4.06. The van der Waals surface area contributed by atoms with Gasteiger partial charge in [-0.2, -0.15) is 0 Å². The second-order valence-electron chi connectivity index (χ2n) is 2.77. The third-order valence-corrected chi connectivity index (χ3v) is 1.84. The maximum Gasteiger partial charge on any atom is 0.0648 e. The van der Waals surface area contributed by atoms with E-state index in [1.165, 1.54) is 0 Å². The van der Waals surface area contributed by atoms with Crippen molar-refractivity contribution in [1.29, 1.82) is 0 Å². The fourth-order valence-corrected chi connectivity index (χ4v) is 1.07. The lowest BCUT2D eigenvalue weighted by Crippen LogP contribution is -2.34. The first-order valence-electron chi connectivity index (χ1n) is 3.87. The van der Waals surface area contributed by atoms with Crippen LogP contribution in [0, 0.1) is 0 Å². The quantitative estimate of drug-likeness (QED) is 0.668. The lowest BCUT2D eigenvalue weighted by atomic mass is 10.2. The summed E-state index contributed by atoms with van der Waals surface area (Å²) in [4.78, 5) is 2.11. The first kappa shape index (κ1) is 10.1. The zero-order valence-electron chi connectivity index (χ0n) is 7.72. The minimum absolute atomic E-state index is 0.192. The van der Waals surface area contributed by atoms with Gasteiger partial charge >= 0.3 is 0 Å². The highest BCUT2D eigenvalue weighted by Gasteiger charge is 2.11. The summed E-state index contributed by atoms with van der Waals surface area (Å²) in [5.74, 6) is 0. The van der Waals surface area contributed by atoms with Crippen molar-refractivity contribution in [3.05, 3.63) is 24.6 Å². The van der Waals surface area contributed by atoms with Gasteiger partial charge in [0.15, 0.2) is 0 Å². The molecule has 1 unspecified atom stereocenters. The Bertz CT molecular complexity index is 161. The molecule has 0 aliphatic rings. The molecule has 0 radical (unpaired) electrons. The summed E-state index contributed by atoms with van der Waals surface area (Å²) in [5.41, 5.74) is 7.30. The Morgan fingerprint density at radius 2 is 2.00 bits per heavy atom. The van der Waals surface area contributed by atoms with E-state index in [0.717, 1.165) is 12.2 Å². The third kappa shape index (κ3) is 2.66. The highest BCUT2D eigenvalue weighted by Crippen LogP contribution is 2.09. The third-order valence-electron chi connectivity index (χ3n) is 1.84. The highest BCUT2D eigenvalue weighted by molar-refractivity contribution is 5.04. The number of rotatable bonds is 4. The van der Waals surface area contributed by atoms with Crippen LogP contribution in [-0.2, 0) is 0 Å². The smallest absolute Gasteiger partial charge is 0.0648 e. The average Bonchev–Trinajstić information content (AvgIpc) is 1.88. The summed E-state index contributed by atoms with van der Waals surface area (Å²) in [6.45, 7) is 14.6. The fraction of sp³-hybridized carbons (Fsp3) is 0.556. The lowest BCUT2D eigenvalue weighted by Gasteiger charge is -2.30. The Kier molecular flexibility index (Phi) is 3.72. The molecule has 0 rings (SSSR count). The molecule has 0 amide bonds. The molecule has 2 heteroatoms. The maximum absolute atomic E-state index is 5.57. The van der Waals surface area contributed by atoms with Crippen molar-refractivity contribution >= 4 is 0 Å². The zero-order valence-corrected chi connectivity index (χ0v) is 7.72. The molecular weight excluding hydrogens is 136 g/mol. The molecule has 64 valence electrons. The molecule has 0 saturated heterocycles. The minimum atomic E-state index is 0.192. The van der Waals surface area contributed by atoms with Crippen LogP contribution in [0.1, 0.15) is 20.8 Å². The van der Waals surface area contributed by atoms with E-state index in [2.05, 4.69) is 25.0 Å². The molecule has 0 aromatic heterocycles.